The van der Waals surface area contributed by atoms with Gasteiger partial charge in [-0.3, -0.25) is 0 Å². The first-order chi connectivity index (χ1) is 16.8. The Morgan fingerprint density at radius 1 is 0.919 bits per heavy atom. The molecule has 0 fully saturated rings. The van der Waals surface area contributed by atoms with Crippen molar-refractivity contribution >= 4 is 86.3 Å². The third kappa shape index (κ3) is 6.09. The molecule has 0 saturated carbocycles. The second kappa shape index (κ2) is 10.3. The molecule has 0 radical (unpaired) electrons. The van der Waals surface area contributed by atoms with E-state index in [1.54, 1.807) is 0 Å². The number of anilines is 2. The van der Waals surface area contributed by atoms with Crippen LogP contribution in [-0.2, 0) is 40.1 Å². The van der Waals surface area contributed by atoms with Crippen LogP contribution in [0.4, 0.5) is 11.4 Å². The molecule has 21 heteroatoms. The van der Waals surface area contributed by atoms with Crippen molar-refractivity contribution in [2.75, 3.05) is 30.2 Å². The van der Waals surface area contributed by atoms with Gasteiger partial charge in [0.25, 0.3) is 0 Å². The topological polar surface area (TPSA) is 228 Å². The van der Waals surface area contributed by atoms with Gasteiger partial charge in [0.2, 0.25) is 40.1 Å². The molecule has 0 amide bonds. The number of hydrogen-bond donors (Lipinski definition) is 5. The summed E-state index contributed by atoms with van der Waals surface area (Å²) in [6.07, 6.45) is -0.648. The number of nitrogens with one attached hydrogen (secondary N) is 3. The van der Waals surface area contributed by atoms with Crippen LogP contribution in [0.1, 0.15) is 0 Å². The molecule has 2 aromatic carbocycles. The SMILES string of the molecule is CN1C(CCl)Nc2cc(Cl)c(S(N)(=O)=O)cc2S1(=O)=O.NS(=O)(=O)c1cc2c(cc1Cl)NCNS2(=O)=O. The standard InChI is InChI=1S/C9H11Cl2N3O4S2.C7H8ClN3O4S2/c1-14-9(4-10)13-6-2-5(11)7(19(12,15)16)3-8(6)20(14,17)18;8-4-1-5-7(2-6(4)16(9,12)13)17(14,15)11-3-10-5/h2-3,9,13H,4H2,1H3,(H2,12,15,16);1-2,10-11H,3H2,(H2,9,12,13). The van der Waals surface area contributed by atoms with Crippen LogP contribution >= 0.6 is 34.8 Å². The van der Waals surface area contributed by atoms with E-state index in [-0.39, 0.29) is 43.8 Å². The van der Waals surface area contributed by atoms with Gasteiger partial charge in [0.05, 0.1) is 34.0 Å². The van der Waals surface area contributed by atoms with Gasteiger partial charge < -0.3 is 10.6 Å². The van der Waals surface area contributed by atoms with Crippen LogP contribution in [0.5, 0.6) is 0 Å². The summed E-state index contributed by atoms with van der Waals surface area (Å²) in [4.78, 5) is -1.28. The molecular formula is C16H19Cl3N6O8S4. The van der Waals surface area contributed by atoms with E-state index in [1.807, 2.05) is 0 Å². The zero-order valence-electron chi connectivity index (χ0n) is 18.4. The second-order valence-corrected chi connectivity index (χ2v) is 15.4. The molecule has 1 unspecified atom stereocenters. The molecule has 0 bridgehead atoms. The monoisotopic (exact) mass is 656 g/mol. The maximum Gasteiger partial charge on any atom is 0.246 e. The fraction of sp³-hybridized carbons (Fsp3) is 0.250. The number of halogens is 3. The zero-order valence-corrected chi connectivity index (χ0v) is 24.0. The quantitative estimate of drug-likeness (QED) is 0.283. The molecule has 1 atom stereocenters. The van der Waals surface area contributed by atoms with E-state index in [0.29, 0.717) is 0 Å². The van der Waals surface area contributed by atoms with Crippen LogP contribution in [0.25, 0.3) is 0 Å². The lowest BCUT2D eigenvalue weighted by molar-refractivity contribution is 0.411. The molecule has 0 saturated heterocycles. The van der Waals surface area contributed by atoms with Crippen LogP contribution in [-0.4, -0.2) is 63.7 Å². The molecule has 0 spiro atoms. The maximum absolute atomic E-state index is 12.3. The van der Waals surface area contributed by atoms with Crippen LogP contribution < -0.4 is 25.6 Å². The van der Waals surface area contributed by atoms with Gasteiger partial charge in [0.1, 0.15) is 25.7 Å². The predicted octanol–water partition coefficient (Wildman–Crippen LogP) is 0.247. The van der Waals surface area contributed by atoms with Gasteiger partial charge in [-0.05, 0) is 24.3 Å². The largest absolute Gasteiger partial charge is 0.370 e. The van der Waals surface area contributed by atoms with Crippen LogP contribution in [0, 0.1) is 0 Å². The van der Waals surface area contributed by atoms with Crippen molar-refractivity contribution in [3.63, 3.8) is 0 Å². The molecule has 2 aromatic rings. The van der Waals surface area contributed by atoms with E-state index in [0.717, 1.165) is 16.4 Å². The van der Waals surface area contributed by atoms with Gasteiger partial charge in [-0.2, -0.15) is 9.03 Å². The lowest BCUT2D eigenvalue weighted by Crippen LogP contribution is -2.47. The highest BCUT2D eigenvalue weighted by atomic mass is 35.5. The molecule has 2 aliphatic heterocycles. The van der Waals surface area contributed by atoms with Gasteiger partial charge in [0, 0.05) is 7.05 Å². The van der Waals surface area contributed by atoms with Crippen molar-refractivity contribution in [1.29, 1.82) is 0 Å². The van der Waals surface area contributed by atoms with E-state index in [2.05, 4.69) is 15.4 Å². The minimum absolute atomic E-state index is 0.0143. The number of nitrogens with two attached hydrogens (primary N) is 2. The minimum atomic E-state index is -4.12. The fourth-order valence-electron chi connectivity index (χ4n) is 3.23. The lowest BCUT2D eigenvalue weighted by Gasteiger charge is -2.33. The Labute approximate surface area is 228 Å². The van der Waals surface area contributed by atoms with Crippen LogP contribution in [0.3, 0.4) is 0 Å². The van der Waals surface area contributed by atoms with Gasteiger partial charge >= 0.3 is 0 Å². The molecule has 7 N–H and O–H groups in total. The summed E-state index contributed by atoms with van der Waals surface area (Å²) in [7, 11) is -14.5. The minimum Gasteiger partial charge on any atom is -0.370 e. The number of alkyl halides is 1. The Morgan fingerprint density at radius 3 is 1.89 bits per heavy atom. The maximum atomic E-state index is 12.3. The summed E-state index contributed by atoms with van der Waals surface area (Å²) >= 11 is 17.2. The highest BCUT2D eigenvalue weighted by molar-refractivity contribution is 7.90. The predicted molar refractivity (Wildman–Crippen MR) is 138 cm³/mol. The molecule has 206 valence electrons. The first-order valence-electron chi connectivity index (χ1n) is 9.57. The highest BCUT2D eigenvalue weighted by Gasteiger charge is 2.36. The lowest BCUT2D eigenvalue weighted by atomic mass is 10.3. The number of benzene rings is 2. The van der Waals surface area contributed by atoms with Crippen molar-refractivity contribution in [1.82, 2.24) is 9.03 Å². The summed E-state index contributed by atoms with van der Waals surface area (Å²) in [6.45, 7) is 0.0143. The molecular weight excluding hydrogens is 639 g/mol. The van der Waals surface area contributed by atoms with Crippen molar-refractivity contribution in [3.05, 3.63) is 34.3 Å². The third-order valence-electron chi connectivity index (χ3n) is 5.08. The second-order valence-electron chi connectivity index (χ2n) is 7.48. The molecule has 4 rings (SSSR count). The Kier molecular flexibility index (Phi) is 8.35. The van der Waals surface area contributed by atoms with Gasteiger partial charge in [-0.1, -0.05) is 23.2 Å². The zero-order chi connectivity index (χ0) is 28.1. The Morgan fingerprint density at radius 2 is 1.41 bits per heavy atom. The fourth-order valence-corrected chi connectivity index (χ4v) is 8.48. The molecule has 2 heterocycles. The van der Waals surface area contributed by atoms with E-state index in [4.69, 9.17) is 45.1 Å². The number of fused-ring (bicyclic) bond motifs is 2. The molecule has 2 aliphatic rings. The van der Waals surface area contributed by atoms with Crippen molar-refractivity contribution in [3.8, 4) is 0 Å². The third-order valence-corrected chi connectivity index (χ3v) is 11.5. The Balaban J connectivity index is 0.000000208. The molecule has 0 aromatic heterocycles. The van der Waals surface area contributed by atoms with Gasteiger partial charge in [0.15, 0.2) is 0 Å². The summed E-state index contributed by atoms with van der Waals surface area (Å²) in [5, 5.41) is 15.2. The van der Waals surface area contributed by atoms with Crippen molar-refractivity contribution in [2.24, 2.45) is 10.3 Å². The Bertz CT molecular complexity index is 1700. The number of primary sulfonamides is 2. The number of nitrogens with zero attached hydrogens (tertiary/aromatic N) is 1. The van der Waals surface area contributed by atoms with E-state index in [9.17, 15) is 33.7 Å². The molecule has 14 nitrogen and oxygen atoms in total. The van der Waals surface area contributed by atoms with E-state index >= 15 is 0 Å². The normalized spacial score (nSPS) is 20.3. The van der Waals surface area contributed by atoms with E-state index in [1.165, 1.54) is 19.2 Å². The first-order valence-corrected chi connectivity index (χ1v) is 16.9. The molecule has 0 aliphatic carbocycles. The van der Waals surface area contributed by atoms with Crippen LogP contribution in [0.15, 0.2) is 43.8 Å². The highest BCUT2D eigenvalue weighted by Crippen LogP contribution is 2.36. The van der Waals surface area contributed by atoms with Gasteiger partial charge in [-0.15, -0.1) is 11.6 Å². The Hall–Kier alpha value is -1.45. The van der Waals surface area contributed by atoms with Crippen molar-refractivity contribution < 1.29 is 33.7 Å². The summed E-state index contributed by atoms with van der Waals surface area (Å²) in [5.41, 5.74) is 0.423. The average Bonchev–Trinajstić information content (AvgIpc) is 2.74. The summed E-state index contributed by atoms with van der Waals surface area (Å²) in [6, 6.07) is 4.30. The van der Waals surface area contributed by atoms with E-state index < -0.39 is 56.0 Å². The van der Waals surface area contributed by atoms with Gasteiger partial charge in [-0.25, -0.2) is 43.9 Å². The molecule has 37 heavy (non-hydrogen) atoms. The number of sulfonamides is 4. The van der Waals surface area contributed by atoms with Crippen LogP contribution in [0.2, 0.25) is 10.0 Å². The summed E-state index contributed by atoms with van der Waals surface area (Å²) in [5.74, 6) is 0.0176. The van der Waals surface area contributed by atoms with Crippen molar-refractivity contribution in [2.45, 2.75) is 25.7 Å². The first kappa shape index (κ1) is 30.1. The number of hydrogen-bond acceptors (Lipinski definition) is 10. The number of rotatable bonds is 3. The average molecular weight is 658 g/mol. The summed E-state index contributed by atoms with van der Waals surface area (Å²) < 4.78 is 96.3. The smallest absolute Gasteiger partial charge is 0.246 e.